The van der Waals surface area contributed by atoms with Crippen LogP contribution in [0.4, 0.5) is 5.82 Å². The number of anilines is 1. The number of rotatable bonds is 4. The maximum atomic E-state index is 14.4. The molecule has 11 heteroatoms. The molecule has 6 aromatic rings. The largest absolute Gasteiger partial charge is 0.381 e. The van der Waals surface area contributed by atoms with E-state index >= 15 is 0 Å². The molecule has 0 aliphatic heterocycles. The normalized spacial score (nSPS) is 13.5. The van der Waals surface area contributed by atoms with Gasteiger partial charge in [0.1, 0.15) is 11.4 Å². The molecule has 0 aliphatic carbocycles. The van der Waals surface area contributed by atoms with Gasteiger partial charge in [0, 0.05) is 31.2 Å². The number of carbonyl (C=O) groups is 1. The van der Waals surface area contributed by atoms with Gasteiger partial charge in [-0.05, 0) is 37.2 Å². The average Bonchev–Trinajstić information content (AvgIpc) is 3.60. The summed E-state index contributed by atoms with van der Waals surface area (Å²) in [5, 5.41) is 11.0. The highest BCUT2D eigenvalue weighted by Crippen LogP contribution is 2.22. The van der Waals surface area contributed by atoms with Gasteiger partial charge < -0.3 is 11.1 Å². The number of nitrogens with two attached hydrogens (primary N) is 1. The van der Waals surface area contributed by atoms with Gasteiger partial charge in [-0.1, -0.05) is 36.0 Å². The Morgan fingerprint density at radius 2 is 2.00 bits per heavy atom. The molecule has 0 saturated carbocycles. The van der Waals surface area contributed by atoms with Crippen LogP contribution in [0.25, 0.3) is 22.2 Å². The molecule has 0 saturated heterocycles. The zero-order valence-corrected chi connectivity index (χ0v) is 21.2. The molecule has 6 rings (SSSR count). The third-order valence-corrected chi connectivity index (χ3v) is 6.06. The summed E-state index contributed by atoms with van der Waals surface area (Å²) in [5.41, 5.74) is 6.16. The Kier molecular flexibility index (Phi) is 4.76. The minimum atomic E-state index is -1.05. The molecule has 0 fully saturated rings. The lowest BCUT2D eigenvalue weighted by Gasteiger charge is -2.20. The minimum absolute atomic E-state index is 0.00657. The van der Waals surface area contributed by atoms with Gasteiger partial charge >= 0.3 is 0 Å². The Hall–Kier alpha value is -5.76. The number of aryl methyl sites for hydroxylation is 1. The Morgan fingerprint density at radius 1 is 1.18 bits per heavy atom. The van der Waals surface area contributed by atoms with Crippen molar-refractivity contribution in [2.75, 3.05) is 5.73 Å². The molecule has 3 N–H and O–H groups in total. The first-order valence-corrected chi connectivity index (χ1v) is 12.0. The van der Waals surface area contributed by atoms with E-state index in [2.05, 4.69) is 37.3 Å². The van der Waals surface area contributed by atoms with E-state index < -0.39 is 53.4 Å². The summed E-state index contributed by atoms with van der Waals surface area (Å²) in [6, 6.07) is 2.28. The van der Waals surface area contributed by atoms with Gasteiger partial charge in [0.25, 0.3) is 11.5 Å². The highest BCUT2D eigenvalue weighted by Gasteiger charge is 2.24. The van der Waals surface area contributed by atoms with Crippen molar-refractivity contribution in [3.8, 4) is 17.5 Å². The zero-order chi connectivity index (χ0) is 32.2. The van der Waals surface area contributed by atoms with Crippen LogP contribution in [0.2, 0.25) is 0 Å². The van der Waals surface area contributed by atoms with E-state index in [1.54, 1.807) is 61.5 Å². The Morgan fingerprint density at radius 3 is 2.77 bits per heavy atom. The topological polar surface area (TPSA) is 138 Å². The fourth-order valence-electron chi connectivity index (χ4n) is 4.29. The van der Waals surface area contributed by atoms with Crippen LogP contribution >= 0.6 is 0 Å². The summed E-state index contributed by atoms with van der Waals surface area (Å²) < 4.78 is 45.6. The van der Waals surface area contributed by atoms with Gasteiger partial charge in [-0.3, -0.25) is 18.8 Å². The van der Waals surface area contributed by atoms with Gasteiger partial charge in [-0.25, -0.2) is 14.5 Å². The lowest BCUT2D eigenvalue weighted by molar-refractivity contribution is 0.0940. The van der Waals surface area contributed by atoms with Crippen LogP contribution in [-0.4, -0.2) is 39.8 Å². The van der Waals surface area contributed by atoms with Crippen molar-refractivity contribution in [3.05, 3.63) is 112 Å². The van der Waals surface area contributed by atoms with Gasteiger partial charge in [0.2, 0.25) is 0 Å². The fourth-order valence-corrected chi connectivity index (χ4v) is 4.29. The summed E-state index contributed by atoms with van der Waals surface area (Å²) in [7, 11) is 1.74. The Balaban J connectivity index is 1.58. The van der Waals surface area contributed by atoms with Crippen LogP contribution in [0.15, 0.2) is 84.1 Å². The number of nitrogen functional groups attached to an aromatic ring is 1. The Bertz CT molecular complexity index is 2290. The number of nitrogens with one attached hydrogen (secondary N) is 1. The number of aromatic nitrogens is 7. The van der Waals surface area contributed by atoms with Gasteiger partial charge in [-0.15, -0.1) is 5.10 Å². The van der Waals surface area contributed by atoms with Crippen LogP contribution in [0, 0.1) is 11.8 Å². The number of fused-ring (bicyclic) bond motifs is 2. The fraction of sp³-hybridized carbons (Fsp3) is 0.103. The van der Waals surface area contributed by atoms with E-state index in [9.17, 15) is 9.59 Å². The number of carbonyl (C=O) groups excluding carboxylic acids is 1. The average molecular weight is 535 g/mol. The number of hydrogen-bond donors (Lipinski definition) is 2. The summed E-state index contributed by atoms with van der Waals surface area (Å²) in [4.78, 5) is 36.8. The number of benzene rings is 2. The predicted octanol–water partition coefficient (Wildman–Crippen LogP) is 2.63. The zero-order valence-electron chi connectivity index (χ0n) is 26.2. The SMILES string of the molecule is [2H]c1c([2H])c([2H])c(-n2c([C@H](C)NC(=O)c3c(N)nn4cccnc34)nc3cccc(C#Cc4cnn(C)c4)c3c2=O)c([2H])c1[2H]. The van der Waals surface area contributed by atoms with E-state index in [0.29, 0.717) is 11.1 Å². The molecule has 0 bridgehead atoms. The highest BCUT2D eigenvalue weighted by atomic mass is 16.2. The number of amides is 1. The molecule has 0 spiro atoms. The summed E-state index contributed by atoms with van der Waals surface area (Å²) >= 11 is 0. The summed E-state index contributed by atoms with van der Waals surface area (Å²) in [6.07, 6.45) is 6.33. The van der Waals surface area contributed by atoms with Crippen LogP contribution in [0.5, 0.6) is 0 Å². The van der Waals surface area contributed by atoms with E-state index in [4.69, 9.17) is 12.6 Å². The third kappa shape index (κ3) is 4.33. The molecular weight excluding hydrogens is 506 g/mol. The number of para-hydroxylation sites is 1. The molecule has 1 amide bonds. The molecule has 4 heterocycles. The monoisotopic (exact) mass is 534 g/mol. The third-order valence-electron chi connectivity index (χ3n) is 6.06. The summed E-state index contributed by atoms with van der Waals surface area (Å²) in [5.74, 6) is 5.07. The minimum Gasteiger partial charge on any atom is -0.381 e. The molecule has 4 aromatic heterocycles. The first kappa shape index (κ1) is 19.3. The molecule has 11 nitrogen and oxygen atoms in total. The molecule has 2 aromatic carbocycles. The number of hydrogen-bond acceptors (Lipinski definition) is 7. The first-order chi connectivity index (χ1) is 21.5. The second-order valence-electron chi connectivity index (χ2n) is 8.78. The Labute approximate surface area is 234 Å². The van der Waals surface area contributed by atoms with Crippen molar-refractivity contribution in [3.63, 3.8) is 0 Å². The van der Waals surface area contributed by atoms with Crippen LogP contribution in [-0.2, 0) is 7.05 Å². The number of nitrogens with zero attached hydrogens (tertiary/aromatic N) is 7. The van der Waals surface area contributed by atoms with Crippen LogP contribution < -0.4 is 16.6 Å². The maximum Gasteiger partial charge on any atom is 0.267 e. The van der Waals surface area contributed by atoms with Crippen molar-refractivity contribution in [1.29, 1.82) is 0 Å². The molecule has 196 valence electrons. The quantitative estimate of drug-likeness (QED) is 0.332. The second-order valence-corrected chi connectivity index (χ2v) is 8.78. The van der Waals surface area contributed by atoms with E-state index in [1.807, 2.05) is 0 Å². The van der Waals surface area contributed by atoms with Gasteiger partial charge in [0.15, 0.2) is 11.5 Å². The standard InChI is InChI=1S/C29H23N9O2/c1-18(33-28(39)24-25(30)35-37-15-7-14-31-27(24)37)26-34-22-11-6-8-20(13-12-19-16-32-36(2)17-19)23(22)29(40)38(26)21-9-4-3-5-10-21/h3-11,14-18H,1-2H3,(H2,30,35)(H,33,39)/t18-/m0/s1/i3D,4D,5D,9D,10D. The van der Waals surface area contributed by atoms with Crippen molar-refractivity contribution < 1.29 is 11.6 Å². The molecular formula is C29H23N9O2. The molecule has 1 atom stereocenters. The van der Waals surface area contributed by atoms with Crippen LogP contribution in [0.1, 0.15) is 47.1 Å². The smallest absolute Gasteiger partial charge is 0.267 e. The van der Waals surface area contributed by atoms with E-state index in [1.165, 1.54) is 10.7 Å². The van der Waals surface area contributed by atoms with Gasteiger partial charge in [0.05, 0.1) is 41.2 Å². The summed E-state index contributed by atoms with van der Waals surface area (Å²) in [6.45, 7) is 1.54. The van der Waals surface area contributed by atoms with Crippen LogP contribution in [0.3, 0.4) is 0 Å². The lowest BCUT2D eigenvalue weighted by atomic mass is 10.1. The molecule has 0 aliphatic rings. The molecule has 40 heavy (non-hydrogen) atoms. The second kappa shape index (κ2) is 9.85. The van der Waals surface area contributed by atoms with Gasteiger partial charge in [-0.2, -0.15) is 5.10 Å². The van der Waals surface area contributed by atoms with Crippen molar-refractivity contribution in [1.82, 2.24) is 39.2 Å². The molecule has 0 unspecified atom stereocenters. The maximum absolute atomic E-state index is 14.4. The highest BCUT2D eigenvalue weighted by molar-refractivity contribution is 6.04. The first-order valence-electron chi connectivity index (χ1n) is 14.5. The lowest BCUT2D eigenvalue weighted by Crippen LogP contribution is -2.33. The van der Waals surface area contributed by atoms with Crippen molar-refractivity contribution >= 4 is 28.3 Å². The van der Waals surface area contributed by atoms with Crippen molar-refractivity contribution in [2.45, 2.75) is 13.0 Å². The van der Waals surface area contributed by atoms with E-state index in [-0.39, 0.29) is 33.8 Å². The van der Waals surface area contributed by atoms with Crippen molar-refractivity contribution in [2.24, 2.45) is 7.05 Å². The predicted molar refractivity (Wildman–Crippen MR) is 150 cm³/mol. The van der Waals surface area contributed by atoms with E-state index in [0.717, 1.165) is 4.57 Å². The molecule has 0 radical (unpaired) electrons.